The quantitative estimate of drug-likeness (QED) is 0.235. The Hall–Kier alpha value is -3.04. The maximum atomic E-state index is 11.4. The van der Waals surface area contributed by atoms with Crippen molar-refractivity contribution in [2.45, 2.75) is 0 Å². The highest BCUT2D eigenvalue weighted by Gasteiger charge is 2.22. The predicted molar refractivity (Wildman–Crippen MR) is 88.0 cm³/mol. The Labute approximate surface area is 149 Å². The third kappa shape index (κ3) is 2.90. The Morgan fingerprint density at radius 1 is 1.20 bits per heavy atom. The highest BCUT2D eigenvalue weighted by Crippen LogP contribution is 2.40. The Morgan fingerprint density at radius 2 is 1.84 bits per heavy atom. The van der Waals surface area contributed by atoms with Crippen LogP contribution in [0, 0.1) is 15.3 Å². The highest BCUT2D eigenvalue weighted by molar-refractivity contribution is 6.37. The van der Waals surface area contributed by atoms with Gasteiger partial charge < -0.3 is 15.4 Å². The minimum absolute atomic E-state index is 0.0271. The number of phenols is 2. The molecule has 0 bridgehead atoms. The van der Waals surface area contributed by atoms with Gasteiger partial charge >= 0.3 is 5.69 Å². The molecule has 9 nitrogen and oxygen atoms in total. The normalized spacial score (nSPS) is 10.8. The molecule has 0 aliphatic heterocycles. The fourth-order valence-electron chi connectivity index (χ4n) is 2.31. The second-order valence-corrected chi connectivity index (χ2v) is 5.75. The molecular formula is C14H8Cl2N4O5. The number of nitro groups is 1. The van der Waals surface area contributed by atoms with Gasteiger partial charge in [0.1, 0.15) is 10.0 Å². The number of halogens is 2. The van der Waals surface area contributed by atoms with Gasteiger partial charge in [-0.1, -0.05) is 23.2 Å². The molecule has 3 aromatic rings. The second-order valence-electron chi connectivity index (χ2n) is 4.93. The van der Waals surface area contributed by atoms with Crippen molar-refractivity contribution in [2.24, 2.45) is 0 Å². The third-order valence-corrected chi connectivity index (χ3v) is 3.93. The smallest absolute Gasteiger partial charge is 0.315 e. The van der Waals surface area contributed by atoms with Crippen molar-refractivity contribution in [2.75, 3.05) is 0 Å². The van der Waals surface area contributed by atoms with Crippen LogP contribution >= 0.6 is 23.2 Å². The number of imidazole rings is 1. The first kappa shape index (κ1) is 16.8. The molecule has 0 atom stereocenters. The molecular weight excluding hydrogens is 375 g/mol. The van der Waals surface area contributed by atoms with Crippen molar-refractivity contribution in [3.63, 3.8) is 0 Å². The van der Waals surface area contributed by atoms with E-state index in [4.69, 9.17) is 23.2 Å². The number of benzene rings is 1. The lowest BCUT2D eigenvalue weighted by molar-refractivity contribution is -0.605. The highest BCUT2D eigenvalue weighted by atomic mass is 35.5. The fourth-order valence-corrected chi connectivity index (χ4v) is 2.93. The second kappa shape index (κ2) is 6.11. The number of nitro benzene ring substituents is 1. The molecule has 11 heteroatoms. The summed E-state index contributed by atoms with van der Waals surface area (Å²) in [7, 11) is 0. The van der Waals surface area contributed by atoms with Crippen molar-refractivity contribution < 1.29 is 19.9 Å². The predicted octanol–water partition coefficient (Wildman–Crippen LogP) is 2.80. The molecule has 2 aromatic heterocycles. The van der Waals surface area contributed by atoms with E-state index in [9.17, 15) is 25.5 Å². The number of phenolic OH excluding ortho intramolecular Hbond substituents is 2. The van der Waals surface area contributed by atoms with E-state index < -0.39 is 22.1 Å². The molecule has 0 radical (unpaired) electrons. The number of hydrogen-bond acceptors (Lipinski definition) is 6. The average molecular weight is 383 g/mol. The van der Waals surface area contributed by atoms with Gasteiger partial charge in [-0.25, -0.2) is 4.98 Å². The molecule has 0 unspecified atom stereocenters. The van der Waals surface area contributed by atoms with E-state index in [1.165, 1.54) is 17.1 Å². The van der Waals surface area contributed by atoms with Crippen LogP contribution in [-0.2, 0) is 0 Å². The number of hydrogen-bond donors (Lipinski definition) is 2. The summed E-state index contributed by atoms with van der Waals surface area (Å²) in [6, 6.07) is 2.20. The maximum absolute atomic E-state index is 11.4. The Morgan fingerprint density at radius 3 is 2.44 bits per heavy atom. The average Bonchev–Trinajstić information content (AvgIpc) is 2.97. The van der Waals surface area contributed by atoms with Gasteiger partial charge in [0.15, 0.2) is 5.75 Å². The van der Waals surface area contributed by atoms with E-state index in [2.05, 4.69) is 4.98 Å². The molecule has 0 aliphatic carbocycles. The first-order valence-electron chi connectivity index (χ1n) is 6.61. The van der Waals surface area contributed by atoms with Crippen LogP contribution in [0.3, 0.4) is 0 Å². The lowest BCUT2D eigenvalue weighted by atomic mass is 10.1. The molecule has 1 aromatic carbocycles. The van der Waals surface area contributed by atoms with Gasteiger partial charge in [0.25, 0.3) is 0 Å². The van der Waals surface area contributed by atoms with Gasteiger partial charge in [0.05, 0.1) is 28.8 Å². The van der Waals surface area contributed by atoms with Crippen LogP contribution in [0.4, 0.5) is 5.69 Å². The number of aromatic nitrogens is 3. The molecule has 128 valence electrons. The molecule has 25 heavy (non-hydrogen) atoms. The van der Waals surface area contributed by atoms with Crippen LogP contribution in [0.25, 0.3) is 16.9 Å². The molecule has 3 rings (SSSR count). The zero-order valence-electron chi connectivity index (χ0n) is 12.1. The van der Waals surface area contributed by atoms with Crippen molar-refractivity contribution in [3.05, 3.63) is 62.4 Å². The zero-order valence-corrected chi connectivity index (χ0v) is 13.6. The fraction of sp³-hybridized carbons (Fsp3) is 0. The monoisotopic (exact) mass is 382 g/mol. The molecule has 0 spiro atoms. The van der Waals surface area contributed by atoms with E-state index in [0.29, 0.717) is 10.4 Å². The van der Waals surface area contributed by atoms with Crippen molar-refractivity contribution in [1.82, 2.24) is 9.55 Å². The standard InChI is InChI=1S/C14H8Cl2N4O5/c15-8-4-18(23)5-9(16)13(8)19-6-17-3-11(19)7-1-10(20(24)25)14(22)12(21)2-7/h1-6,21-22H. The minimum Gasteiger partial charge on any atom is -0.619 e. The summed E-state index contributed by atoms with van der Waals surface area (Å²) >= 11 is 12.1. The van der Waals surface area contributed by atoms with Gasteiger partial charge in [0.2, 0.25) is 18.1 Å². The summed E-state index contributed by atoms with van der Waals surface area (Å²) < 4.78 is 1.84. The van der Waals surface area contributed by atoms with Crippen LogP contribution in [0.2, 0.25) is 10.0 Å². The van der Waals surface area contributed by atoms with Crippen molar-refractivity contribution in [1.29, 1.82) is 0 Å². The summed E-state index contributed by atoms with van der Waals surface area (Å²) in [5.41, 5.74) is 0.0416. The summed E-state index contributed by atoms with van der Waals surface area (Å²) in [6.07, 6.45) is 4.88. The van der Waals surface area contributed by atoms with E-state index in [1.54, 1.807) is 0 Å². The molecule has 0 saturated carbocycles. The maximum Gasteiger partial charge on any atom is 0.315 e. The van der Waals surface area contributed by atoms with Gasteiger partial charge in [-0.2, -0.15) is 4.73 Å². The largest absolute Gasteiger partial charge is 0.619 e. The van der Waals surface area contributed by atoms with Crippen molar-refractivity contribution >= 4 is 28.9 Å². The van der Waals surface area contributed by atoms with E-state index in [-0.39, 0.29) is 21.3 Å². The van der Waals surface area contributed by atoms with Gasteiger partial charge in [-0.3, -0.25) is 14.7 Å². The first-order chi connectivity index (χ1) is 11.8. The van der Waals surface area contributed by atoms with E-state index in [0.717, 1.165) is 24.5 Å². The van der Waals surface area contributed by atoms with Crippen LogP contribution < -0.4 is 4.73 Å². The summed E-state index contributed by atoms with van der Waals surface area (Å²) in [5.74, 6) is -1.51. The molecule has 0 fully saturated rings. The third-order valence-electron chi connectivity index (χ3n) is 3.38. The molecule has 2 heterocycles. The number of rotatable bonds is 3. The Kier molecular flexibility index (Phi) is 4.11. The van der Waals surface area contributed by atoms with Gasteiger partial charge in [0, 0.05) is 11.6 Å². The van der Waals surface area contributed by atoms with Gasteiger partial charge in [-0.05, 0) is 6.07 Å². The summed E-state index contributed by atoms with van der Waals surface area (Å²) in [4.78, 5) is 14.2. The molecule has 2 N–H and O–H groups in total. The Balaban J connectivity index is 2.24. The lowest BCUT2D eigenvalue weighted by Crippen LogP contribution is -2.25. The first-order valence-corrected chi connectivity index (χ1v) is 7.36. The summed E-state index contributed by atoms with van der Waals surface area (Å²) in [6.45, 7) is 0. The van der Waals surface area contributed by atoms with Crippen LogP contribution in [0.5, 0.6) is 11.5 Å². The molecule has 0 saturated heterocycles. The van der Waals surface area contributed by atoms with Crippen LogP contribution in [0.1, 0.15) is 0 Å². The number of nitrogens with zero attached hydrogens (tertiary/aromatic N) is 4. The summed E-state index contributed by atoms with van der Waals surface area (Å²) in [5, 5.41) is 41.8. The zero-order chi connectivity index (χ0) is 18.3. The molecule has 0 amide bonds. The Bertz CT molecular complexity index is 982. The number of pyridine rings is 1. The van der Waals surface area contributed by atoms with E-state index in [1.807, 2.05) is 0 Å². The van der Waals surface area contributed by atoms with E-state index >= 15 is 0 Å². The topological polar surface area (TPSA) is 128 Å². The van der Waals surface area contributed by atoms with Crippen LogP contribution in [0.15, 0.2) is 37.1 Å². The molecule has 0 aliphatic rings. The lowest BCUT2D eigenvalue weighted by Gasteiger charge is -2.12. The van der Waals surface area contributed by atoms with Crippen LogP contribution in [-0.4, -0.2) is 24.7 Å². The van der Waals surface area contributed by atoms with Crippen molar-refractivity contribution in [3.8, 4) is 28.4 Å². The minimum atomic E-state index is -0.844. The van der Waals surface area contributed by atoms with Gasteiger partial charge in [-0.15, -0.1) is 0 Å². The SMILES string of the molecule is O=[N+]([O-])c1cc(-c2cncn2-c2c(Cl)c[n+]([O-])cc2Cl)cc(O)c1O. The number of aromatic hydroxyl groups is 2.